The monoisotopic (exact) mass is 586 g/mol. The van der Waals surface area contributed by atoms with E-state index in [1.165, 1.54) is 4.31 Å². The van der Waals surface area contributed by atoms with Crippen LogP contribution in [0.15, 0.2) is 71.6 Å². The molecule has 42 heavy (non-hydrogen) atoms. The van der Waals surface area contributed by atoms with Crippen molar-refractivity contribution in [3.8, 4) is 11.1 Å². The van der Waals surface area contributed by atoms with Gasteiger partial charge >= 0.3 is 5.97 Å². The van der Waals surface area contributed by atoms with Crippen LogP contribution in [-0.4, -0.2) is 65.2 Å². The average Bonchev–Trinajstić information content (AvgIpc) is 3.45. The third kappa shape index (κ3) is 5.20. The number of nitrogens with zero attached hydrogens (tertiary/aromatic N) is 4. The van der Waals surface area contributed by atoms with Gasteiger partial charge in [-0.25, -0.2) is 18.4 Å². The average molecular weight is 587 g/mol. The van der Waals surface area contributed by atoms with E-state index in [0.717, 1.165) is 11.1 Å². The summed E-state index contributed by atoms with van der Waals surface area (Å²) in [5.74, 6) is -0.795. The molecule has 0 saturated carbocycles. The predicted octanol–water partition coefficient (Wildman–Crippen LogP) is 2.69. The van der Waals surface area contributed by atoms with E-state index in [2.05, 4.69) is 9.97 Å². The number of rotatable bonds is 6. The van der Waals surface area contributed by atoms with E-state index >= 15 is 0 Å². The predicted molar refractivity (Wildman–Crippen MR) is 156 cm³/mol. The number of hydrogen-bond donors (Lipinski definition) is 2. The van der Waals surface area contributed by atoms with Crippen LogP contribution in [0.4, 0.5) is 5.95 Å². The normalized spacial score (nSPS) is 16.0. The quantitative estimate of drug-likeness (QED) is 0.324. The van der Waals surface area contributed by atoms with E-state index in [4.69, 9.17) is 16.2 Å². The highest BCUT2D eigenvalue weighted by Crippen LogP contribution is 2.34. The van der Waals surface area contributed by atoms with Crippen molar-refractivity contribution in [1.82, 2.24) is 19.2 Å². The molecule has 1 aromatic heterocycles. The summed E-state index contributed by atoms with van der Waals surface area (Å²) in [4.78, 5) is 35.8. The van der Waals surface area contributed by atoms with Gasteiger partial charge in [0.05, 0.1) is 17.0 Å². The summed E-state index contributed by atoms with van der Waals surface area (Å²) in [6.45, 7) is 1.13. The minimum Gasteiger partial charge on any atom is -0.461 e. The molecule has 2 aliphatic rings. The van der Waals surface area contributed by atoms with Gasteiger partial charge < -0.3 is 21.1 Å². The van der Waals surface area contributed by atoms with Gasteiger partial charge in [0.15, 0.2) is 0 Å². The van der Waals surface area contributed by atoms with Crippen molar-refractivity contribution < 1.29 is 22.7 Å². The highest BCUT2D eigenvalue weighted by atomic mass is 32.2. The van der Waals surface area contributed by atoms with Gasteiger partial charge in [-0.15, -0.1) is 0 Å². The van der Waals surface area contributed by atoms with E-state index in [1.54, 1.807) is 47.4 Å². The van der Waals surface area contributed by atoms with Gasteiger partial charge in [-0.2, -0.15) is 4.31 Å². The van der Waals surface area contributed by atoms with Crippen LogP contribution >= 0.6 is 0 Å². The van der Waals surface area contributed by atoms with Crippen LogP contribution in [0.25, 0.3) is 22.0 Å². The van der Waals surface area contributed by atoms with Gasteiger partial charge in [0, 0.05) is 37.1 Å². The topological polar surface area (TPSA) is 162 Å². The summed E-state index contributed by atoms with van der Waals surface area (Å²) in [7, 11) is -3.89. The van der Waals surface area contributed by atoms with Crippen molar-refractivity contribution in [2.24, 2.45) is 5.73 Å². The maximum atomic E-state index is 13.8. The lowest BCUT2D eigenvalue weighted by atomic mass is 10.0. The molecule has 2 aliphatic heterocycles. The first-order valence-corrected chi connectivity index (χ1v) is 15.1. The zero-order valence-corrected chi connectivity index (χ0v) is 23.6. The SMILES string of the molecule is NCC(=O)OC1CCN(S(=O)(=O)c2ccccc2-c2ccc3nc(N)nc(C(=O)N4Cc5ccccc5C4)c3c2)CC1. The van der Waals surface area contributed by atoms with Gasteiger partial charge in [-0.1, -0.05) is 48.5 Å². The first kappa shape index (κ1) is 27.8. The van der Waals surface area contributed by atoms with E-state index in [1.807, 2.05) is 24.3 Å². The number of carbonyl (C=O) groups excluding carboxylic acids is 2. The minimum atomic E-state index is -3.89. The molecule has 0 radical (unpaired) electrons. The van der Waals surface area contributed by atoms with E-state index in [-0.39, 0.29) is 48.2 Å². The largest absolute Gasteiger partial charge is 0.461 e. The Hall–Kier alpha value is -4.39. The molecule has 6 rings (SSSR count). The summed E-state index contributed by atoms with van der Waals surface area (Å²) in [6, 6.07) is 19.9. The number of amides is 1. The maximum Gasteiger partial charge on any atom is 0.319 e. The number of ether oxygens (including phenoxy) is 1. The Balaban J connectivity index is 1.33. The van der Waals surface area contributed by atoms with Crippen LogP contribution in [0, 0.1) is 0 Å². The van der Waals surface area contributed by atoms with E-state index < -0.39 is 16.0 Å². The van der Waals surface area contributed by atoms with Gasteiger partial charge in [0.25, 0.3) is 5.91 Å². The fourth-order valence-electron chi connectivity index (χ4n) is 5.60. The molecule has 4 aromatic rings. The molecule has 3 heterocycles. The number of aromatic nitrogens is 2. The summed E-state index contributed by atoms with van der Waals surface area (Å²) in [6.07, 6.45) is 0.400. The van der Waals surface area contributed by atoms with E-state index in [0.29, 0.717) is 48.0 Å². The number of piperidine rings is 1. The lowest BCUT2D eigenvalue weighted by molar-refractivity contribution is -0.148. The molecule has 0 atom stereocenters. The first-order chi connectivity index (χ1) is 20.2. The second-order valence-corrected chi connectivity index (χ2v) is 12.3. The van der Waals surface area contributed by atoms with Crippen LogP contribution in [0.1, 0.15) is 34.5 Å². The molecule has 4 N–H and O–H groups in total. The molecule has 0 spiro atoms. The summed E-state index contributed by atoms with van der Waals surface area (Å²) >= 11 is 0. The zero-order valence-electron chi connectivity index (χ0n) is 22.8. The van der Waals surface area contributed by atoms with Crippen molar-refractivity contribution in [3.05, 3.63) is 83.6 Å². The second kappa shape index (κ2) is 11.1. The first-order valence-electron chi connectivity index (χ1n) is 13.7. The van der Waals surface area contributed by atoms with Crippen molar-refractivity contribution in [3.63, 3.8) is 0 Å². The third-order valence-corrected chi connectivity index (χ3v) is 9.68. The number of benzene rings is 3. The molecule has 1 amide bonds. The minimum absolute atomic E-state index is 0.0150. The molecule has 0 bridgehead atoms. The standard InChI is InChI=1S/C30H30N6O5S/c31-16-27(37)41-22-11-13-36(14-12-22)42(39,40)26-8-4-3-7-23(26)19-9-10-25-24(15-19)28(34-30(32)33-25)29(38)35-17-20-5-1-2-6-21(20)18-35/h1-10,15,22H,11-14,16-18,31H2,(H2,32,33,34). The molecule has 0 unspecified atom stereocenters. The van der Waals surface area contributed by atoms with Crippen molar-refractivity contribution in [2.75, 3.05) is 25.4 Å². The lowest BCUT2D eigenvalue weighted by Crippen LogP contribution is -2.42. The molecule has 1 fully saturated rings. The van der Waals surface area contributed by atoms with Gasteiger partial charge in [-0.3, -0.25) is 9.59 Å². The molecule has 216 valence electrons. The number of fused-ring (bicyclic) bond motifs is 2. The lowest BCUT2D eigenvalue weighted by Gasteiger charge is -2.31. The number of sulfonamides is 1. The Morgan fingerprint density at radius 1 is 0.929 bits per heavy atom. The molecule has 1 saturated heterocycles. The highest BCUT2D eigenvalue weighted by molar-refractivity contribution is 7.89. The summed E-state index contributed by atoms with van der Waals surface area (Å²) < 4.78 is 34.4. The molecule has 11 nitrogen and oxygen atoms in total. The van der Waals surface area contributed by atoms with Crippen LogP contribution in [0.3, 0.4) is 0 Å². The number of hydrogen-bond acceptors (Lipinski definition) is 9. The fraction of sp³-hybridized carbons (Fsp3) is 0.267. The van der Waals surface area contributed by atoms with Gasteiger partial charge in [0.2, 0.25) is 16.0 Å². The van der Waals surface area contributed by atoms with Crippen molar-refractivity contribution in [1.29, 1.82) is 0 Å². The number of esters is 1. The number of anilines is 1. The van der Waals surface area contributed by atoms with Crippen molar-refractivity contribution >= 4 is 38.8 Å². The Morgan fingerprint density at radius 2 is 1.60 bits per heavy atom. The molecule has 3 aromatic carbocycles. The van der Waals surface area contributed by atoms with E-state index in [9.17, 15) is 18.0 Å². The number of carbonyl (C=O) groups is 2. The Kier molecular flexibility index (Phi) is 7.35. The number of nitrogens with two attached hydrogens (primary N) is 2. The summed E-state index contributed by atoms with van der Waals surface area (Å²) in [5.41, 5.74) is 15.2. The Morgan fingerprint density at radius 3 is 2.29 bits per heavy atom. The molecule has 0 aliphatic carbocycles. The van der Waals surface area contributed by atoms with Crippen LogP contribution < -0.4 is 11.5 Å². The number of nitrogen functional groups attached to an aromatic ring is 1. The summed E-state index contributed by atoms with van der Waals surface area (Å²) in [5, 5.41) is 0.484. The molecular formula is C30H30N6O5S. The van der Waals surface area contributed by atoms with Gasteiger partial charge in [-0.05, 0) is 47.7 Å². The zero-order chi connectivity index (χ0) is 29.4. The highest BCUT2D eigenvalue weighted by Gasteiger charge is 2.33. The maximum absolute atomic E-state index is 13.8. The fourth-order valence-corrected chi connectivity index (χ4v) is 7.28. The van der Waals surface area contributed by atoms with Crippen LogP contribution in [0.2, 0.25) is 0 Å². The van der Waals surface area contributed by atoms with Gasteiger partial charge in [0.1, 0.15) is 11.8 Å². The molecule has 12 heteroatoms. The Labute approximate surface area is 243 Å². The molecular weight excluding hydrogens is 556 g/mol. The van der Waals surface area contributed by atoms with Crippen molar-refractivity contribution in [2.45, 2.75) is 36.9 Å². The smallest absolute Gasteiger partial charge is 0.319 e. The third-order valence-electron chi connectivity index (χ3n) is 7.73. The Bertz CT molecular complexity index is 1780. The van der Waals surface area contributed by atoms with Crippen LogP contribution in [-0.2, 0) is 32.6 Å². The second-order valence-electron chi connectivity index (χ2n) is 10.4. The van der Waals surface area contributed by atoms with Crippen LogP contribution in [0.5, 0.6) is 0 Å².